The van der Waals surface area contributed by atoms with Crippen molar-refractivity contribution in [1.82, 2.24) is 9.97 Å². The predicted octanol–water partition coefficient (Wildman–Crippen LogP) is 0.425. The second-order valence-corrected chi connectivity index (χ2v) is 3.63. The molecule has 15 heavy (non-hydrogen) atoms. The van der Waals surface area contributed by atoms with Gasteiger partial charge in [0, 0.05) is 25.7 Å². The number of anilines is 1. The summed E-state index contributed by atoms with van der Waals surface area (Å²) in [6.45, 7) is 3.48. The fraction of sp³-hybridized carbons (Fsp3) is 0.556. The lowest BCUT2D eigenvalue weighted by Crippen LogP contribution is -2.36. The molecule has 2 rings (SSSR count). The highest BCUT2D eigenvalue weighted by atomic mass is 35.5. The first-order chi connectivity index (χ1) is 7.29. The smallest absolute Gasteiger partial charge is 0.224 e. The predicted molar refractivity (Wildman–Crippen MR) is 58.0 cm³/mol. The van der Waals surface area contributed by atoms with Crippen LogP contribution in [0.3, 0.4) is 0 Å². The first-order valence-electron chi connectivity index (χ1n) is 4.86. The largest absolute Gasteiger partial charge is 0.378 e. The van der Waals surface area contributed by atoms with E-state index < -0.39 is 0 Å². The van der Waals surface area contributed by atoms with E-state index in [0.717, 1.165) is 37.8 Å². The summed E-state index contributed by atoms with van der Waals surface area (Å²) in [5.41, 5.74) is 6.29. The molecule has 1 aromatic rings. The molecule has 0 amide bonds. The number of aromatic nitrogens is 2. The zero-order chi connectivity index (χ0) is 10.7. The van der Waals surface area contributed by atoms with Crippen molar-refractivity contribution in [2.24, 2.45) is 5.73 Å². The number of ether oxygens (including phenoxy) is 1. The molecule has 0 spiro atoms. The first kappa shape index (κ1) is 10.6. The van der Waals surface area contributed by atoms with Crippen LogP contribution in [0, 0.1) is 0 Å². The summed E-state index contributed by atoms with van der Waals surface area (Å²) in [6, 6.07) is 1.87. The van der Waals surface area contributed by atoms with E-state index >= 15 is 0 Å². The summed E-state index contributed by atoms with van der Waals surface area (Å²) < 4.78 is 5.27. The van der Waals surface area contributed by atoms with Crippen LogP contribution < -0.4 is 10.6 Å². The highest BCUT2D eigenvalue weighted by Crippen LogP contribution is 2.16. The van der Waals surface area contributed by atoms with E-state index in [-0.39, 0.29) is 5.28 Å². The summed E-state index contributed by atoms with van der Waals surface area (Å²) in [5.74, 6) is 0.832. The number of nitrogens with zero attached hydrogens (tertiary/aromatic N) is 3. The highest BCUT2D eigenvalue weighted by molar-refractivity contribution is 6.28. The standard InChI is InChI=1S/C9H13ClN4O/c10-9-12-7(6-11)5-8(13-9)14-1-3-15-4-2-14/h5H,1-4,6,11H2. The maximum atomic E-state index is 5.81. The molecular formula is C9H13ClN4O. The van der Waals surface area contributed by atoms with E-state index in [1.54, 1.807) is 0 Å². The second kappa shape index (κ2) is 4.74. The number of morpholine rings is 1. The fourth-order valence-electron chi connectivity index (χ4n) is 1.51. The van der Waals surface area contributed by atoms with E-state index in [2.05, 4.69) is 14.9 Å². The van der Waals surface area contributed by atoms with E-state index in [0.29, 0.717) is 6.54 Å². The molecule has 0 saturated carbocycles. The van der Waals surface area contributed by atoms with Crippen molar-refractivity contribution < 1.29 is 4.74 Å². The van der Waals surface area contributed by atoms with Crippen molar-refractivity contribution in [3.63, 3.8) is 0 Å². The Morgan fingerprint density at radius 3 is 2.80 bits per heavy atom. The van der Waals surface area contributed by atoms with Crippen molar-refractivity contribution in [1.29, 1.82) is 0 Å². The number of halogens is 1. The van der Waals surface area contributed by atoms with Crippen LogP contribution >= 0.6 is 11.6 Å². The van der Waals surface area contributed by atoms with Gasteiger partial charge < -0.3 is 15.4 Å². The van der Waals surface area contributed by atoms with Gasteiger partial charge in [0.15, 0.2) is 0 Å². The quantitative estimate of drug-likeness (QED) is 0.744. The normalized spacial score (nSPS) is 16.8. The maximum Gasteiger partial charge on any atom is 0.224 e. The number of hydrogen-bond donors (Lipinski definition) is 1. The van der Waals surface area contributed by atoms with Crippen molar-refractivity contribution >= 4 is 17.4 Å². The molecule has 1 aromatic heterocycles. The molecule has 2 heterocycles. The van der Waals surface area contributed by atoms with Gasteiger partial charge in [0.25, 0.3) is 0 Å². The highest BCUT2D eigenvalue weighted by Gasteiger charge is 2.13. The van der Waals surface area contributed by atoms with Crippen LogP contribution in [0.5, 0.6) is 0 Å². The SMILES string of the molecule is NCc1cc(N2CCOCC2)nc(Cl)n1. The number of rotatable bonds is 2. The lowest BCUT2D eigenvalue weighted by molar-refractivity contribution is 0.122. The van der Waals surface area contributed by atoms with Crippen LogP contribution in [0.1, 0.15) is 5.69 Å². The Bertz CT molecular complexity index is 341. The van der Waals surface area contributed by atoms with Crippen LogP contribution in [0.2, 0.25) is 5.28 Å². The van der Waals surface area contributed by atoms with Crippen molar-refractivity contribution in [3.05, 3.63) is 17.0 Å². The fourth-order valence-corrected chi connectivity index (χ4v) is 1.71. The van der Waals surface area contributed by atoms with Gasteiger partial charge in [-0.3, -0.25) is 0 Å². The molecule has 1 aliphatic rings. The average Bonchev–Trinajstić information content (AvgIpc) is 2.29. The summed E-state index contributed by atoms with van der Waals surface area (Å²) >= 11 is 5.81. The van der Waals surface area contributed by atoms with Crippen molar-refractivity contribution in [3.8, 4) is 0 Å². The molecule has 5 nitrogen and oxygen atoms in total. The van der Waals surface area contributed by atoms with Gasteiger partial charge in [0.2, 0.25) is 5.28 Å². The van der Waals surface area contributed by atoms with Crippen LogP contribution in [-0.2, 0) is 11.3 Å². The molecule has 2 N–H and O–H groups in total. The Balaban J connectivity index is 2.22. The topological polar surface area (TPSA) is 64.3 Å². The minimum Gasteiger partial charge on any atom is -0.378 e. The van der Waals surface area contributed by atoms with Gasteiger partial charge in [0.05, 0.1) is 18.9 Å². The molecule has 6 heteroatoms. The average molecular weight is 229 g/mol. The Kier molecular flexibility index (Phi) is 3.35. The summed E-state index contributed by atoms with van der Waals surface area (Å²) in [6.07, 6.45) is 0. The molecule has 1 saturated heterocycles. The van der Waals surface area contributed by atoms with E-state index in [4.69, 9.17) is 22.1 Å². The van der Waals surface area contributed by atoms with E-state index in [1.807, 2.05) is 6.07 Å². The summed E-state index contributed by atoms with van der Waals surface area (Å²) in [5, 5.41) is 0.249. The molecule has 0 bridgehead atoms. The zero-order valence-corrected chi connectivity index (χ0v) is 9.07. The van der Waals surface area contributed by atoms with Crippen LogP contribution in [0.25, 0.3) is 0 Å². The molecule has 0 atom stereocenters. The van der Waals surface area contributed by atoms with E-state index in [9.17, 15) is 0 Å². The van der Waals surface area contributed by atoms with E-state index in [1.165, 1.54) is 0 Å². The van der Waals surface area contributed by atoms with Crippen LogP contribution in [0.4, 0.5) is 5.82 Å². The molecule has 0 unspecified atom stereocenters. The van der Waals surface area contributed by atoms with Crippen LogP contribution in [0.15, 0.2) is 6.07 Å². The van der Waals surface area contributed by atoms with Crippen molar-refractivity contribution in [2.75, 3.05) is 31.2 Å². The Morgan fingerprint density at radius 1 is 1.40 bits per heavy atom. The first-order valence-corrected chi connectivity index (χ1v) is 5.23. The van der Waals surface area contributed by atoms with Gasteiger partial charge in [-0.25, -0.2) is 9.97 Å². The maximum absolute atomic E-state index is 5.81. The Hall–Kier alpha value is -0.910. The van der Waals surface area contributed by atoms with Crippen molar-refractivity contribution in [2.45, 2.75) is 6.54 Å². The second-order valence-electron chi connectivity index (χ2n) is 3.29. The lowest BCUT2D eigenvalue weighted by atomic mass is 10.3. The van der Waals surface area contributed by atoms with Gasteiger partial charge in [0.1, 0.15) is 5.82 Å². The Morgan fingerprint density at radius 2 is 2.13 bits per heavy atom. The molecule has 1 aliphatic heterocycles. The molecule has 0 aliphatic carbocycles. The van der Waals surface area contributed by atoms with Crippen LogP contribution in [-0.4, -0.2) is 36.3 Å². The number of hydrogen-bond acceptors (Lipinski definition) is 5. The van der Waals surface area contributed by atoms with Gasteiger partial charge in [-0.2, -0.15) is 0 Å². The van der Waals surface area contributed by atoms with Gasteiger partial charge >= 0.3 is 0 Å². The third-order valence-corrected chi connectivity index (χ3v) is 2.45. The molecular weight excluding hydrogens is 216 g/mol. The minimum atomic E-state index is 0.249. The summed E-state index contributed by atoms with van der Waals surface area (Å²) in [7, 11) is 0. The zero-order valence-electron chi connectivity index (χ0n) is 8.32. The molecule has 1 fully saturated rings. The molecule has 0 aromatic carbocycles. The monoisotopic (exact) mass is 228 g/mol. The summed E-state index contributed by atoms with van der Waals surface area (Å²) in [4.78, 5) is 10.3. The molecule has 0 radical (unpaired) electrons. The Labute approximate surface area is 93.2 Å². The van der Waals surface area contributed by atoms with Gasteiger partial charge in [-0.15, -0.1) is 0 Å². The lowest BCUT2D eigenvalue weighted by Gasteiger charge is -2.27. The third-order valence-electron chi connectivity index (χ3n) is 2.28. The number of nitrogens with two attached hydrogens (primary N) is 1. The van der Waals surface area contributed by atoms with Gasteiger partial charge in [-0.05, 0) is 11.6 Å². The molecule has 82 valence electrons. The minimum absolute atomic E-state index is 0.249. The third kappa shape index (κ3) is 2.56. The van der Waals surface area contributed by atoms with Gasteiger partial charge in [-0.1, -0.05) is 0 Å².